The van der Waals surface area contributed by atoms with Crippen LogP contribution in [-0.4, -0.2) is 11.2 Å². The Morgan fingerprint density at radius 1 is 1.05 bits per heavy atom. The minimum atomic E-state index is 0.0979. The summed E-state index contributed by atoms with van der Waals surface area (Å²) in [6, 6.07) is 16.4. The van der Waals surface area contributed by atoms with Crippen molar-refractivity contribution in [1.82, 2.24) is 0 Å². The van der Waals surface area contributed by atoms with Gasteiger partial charge >= 0.3 is 0 Å². The summed E-state index contributed by atoms with van der Waals surface area (Å²) in [6.07, 6.45) is 3.29. The monoisotopic (exact) mass is 254 g/mol. The lowest BCUT2D eigenvalue weighted by Gasteiger charge is -2.26. The second-order valence-electron chi connectivity index (χ2n) is 5.07. The topological polar surface area (TPSA) is 29.5 Å². The Morgan fingerprint density at radius 3 is 2.68 bits per heavy atom. The maximum Gasteiger partial charge on any atom is 0.122 e. The van der Waals surface area contributed by atoms with Gasteiger partial charge in [0.2, 0.25) is 0 Å². The lowest BCUT2D eigenvalue weighted by Crippen LogP contribution is -2.25. The second-order valence-corrected chi connectivity index (χ2v) is 5.07. The molecule has 2 aromatic rings. The van der Waals surface area contributed by atoms with Gasteiger partial charge in [-0.05, 0) is 41.7 Å². The van der Waals surface area contributed by atoms with Crippen LogP contribution in [0, 0.1) is 0 Å². The molecule has 98 valence electrons. The lowest BCUT2D eigenvalue weighted by molar-refractivity contribution is 0.173. The van der Waals surface area contributed by atoms with E-state index in [4.69, 9.17) is 9.84 Å². The van der Waals surface area contributed by atoms with Crippen LogP contribution >= 0.6 is 0 Å². The first-order valence-electron chi connectivity index (χ1n) is 6.78. The van der Waals surface area contributed by atoms with Crippen molar-refractivity contribution in [2.45, 2.75) is 32.0 Å². The number of hydrogen-bond acceptors (Lipinski definition) is 2. The van der Waals surface area contributed by atoms with Crippen LogP contribution in [-0.2, 0) is 19.4 Å². The Morgan fingerprint density at radius 2 is 1.89 bits per heavy atom. The number of aryl methyl sites for hydroxylation is 1. The van der Waals surface area contributed by atoms with Gasteiger partial charge in [-0.25, -0.2) is 0 Å². The van der Waals surface area contributed by atoms with Gasteiger partial charge in [-0.2, -0.15) is 0 Å². The van der Waals surface area contributed by atoms with E-state index in [9.17, 15) is 0 Å². The fourth-order valence-electron chi connectivity index (χ4n) is 2.62. The van der Waals surface area contributed by atoms with Crippen molar-refractivity contribution in [2.24, 2.45) is 0 Å². The SMILES string of the molecule is OCc1ccc2c(c1)CCC(Cc1ccccc1)O2. The van der Waals surface area contributed by atoms with Gasteiger partial charge in [0.1, 0.15) is 11.9 Å². The number of rotatable bonds is 3. The number of aliphatic hydroxyl groups excluding tert-OH is 1. The van der Waals surface area contributed by atoms with Crippen molar-refractivity contribution < 1.29 is 9.84 Å². The first-order valence-corrected chi connectivity index (χ1v) is 6.78. The summed E-state index contributed by atoms with van der Waals surface area (Å²) in [5, 5.41) is 9.15. The molecular weight excluding hydrogens is 236 g/mol. The molecule has 0 amide bonds. The van der Waals surface area contributed by atoms with Gasteiger partial charge in [-0.15, -0.1) is 0 Å². The summed E-state index contributed by atoms with van der Waals surface area (Å²) in [4.78, 5) is 0. The molecule has 1 atom stereocenters. The van der Waals surface area contributed by atoms with Crippen LogP contribution in [0.4, 0.5) is 0 Å². The van der Waals surface area contributed by atoms with Crippen molar-refractivity contribution in [2.75, 3.05) is 0 Å². The molecule has 0 radical (unpaired) electrons. The first-order chi connectivity index (χ1) is 9.35. The molecule has 1 heterocycles. The summed E-state index contributed by atoms with van der Waals surface area (Å²) in [5.41, 5.74) is 3.50. The van der Waals surface area contributed by atoms with Crippen molar-refractivity contribution in [1.29, 1.82) is 0 Å². The van der Waals surface area contributed by atoms with Crippen LogP contribution in [0.15, 0.2) is 48.5 Å². The van der Waals surface area contributed by atoms with Gasteiger partial charge in [0.15, 0.2) is 0 Å². The number of benzene rings is 2. The Bertz CT molecular complexity index is 548. The van der Waals surface area contributed by atoms with Crippen LogP contribution in [0.2, 0.25) is 0 Å². The Balaban J connectivity index is 1.72. The van der Waals surface area contributed by atoms with E-state index in [1.54, 1.807) is 0 Å². The molecule has 1 aliphatic heterocycles. The molecule has 3 rings (SSSR count). The van der Waals surface area contributed by atoms with Crippen molar-refractivity contribution in [3.63, 3.8) is 0 Å². The highest BCUT2D eigenvalue weighted by molar-refractivity contribution is 5.39. The number of aliphatic hydroxyl groups is 1. The molecule has 0 saturated heterocycles. The van der Waals surface area contributed by atoms with Gasteiger partial charge in [0.25, 0.3) is 0 Å². The average molecular weight is 254 g/mol. The van der Waals surface area contributed by atoms with Crippen molar-refractivity contribution in [3.05, 3.63) is 65.2 Å². The highest BCUT2D eigenvalue weighted by Crippen LogP contribution is 2.29. The van der Waals surface area contributed by atoms with Gasteiger partial charge in [-0.3, -0.25) is 0 Å². The zero-order valence-electron chi connectivity index (χ0n) is 10.9. The van der Waals surface area contributed by atoms with Gasteiger partial charge in [0.05, 0.1) is 6.61 Å². The highest BCUT2D eigenvalue weighted by Gasteiger charge is 2.20. The molecule has 0 bridgehead atoms. The molecule has 0 spiro atoms. The summed E-state index contributed by atoms with van der Waals surface area (Å²) >= 11 is 0. The average Bonchev–Trinajstić information content (AvgIpc) is 2.48. The van der Waals surface area contributed by atoms with Gasteiger partial charge in [-0.1, -0.05) is 36.4 Å². The second kappa shape index (κ2) is 5.45. The molecular formula is C17H18O2. The highest BCUT2D eigenvalue weighted by atomic mass is 16.5. The van der Waals surface area contributed by atoms with E-state index in [2.05, 4.69) is 24.3 Å². The molecule has 1 N–H and O–H groups in total. The minimum Gasteiger partial charge on any atom is -0.490 e. The number of hydrogen-bond donors (Lipinski definition) is 1. The molecule has 1 unspecified atom stereocenters. The molecule has 0 saturated carbocycles. The van der Waals surface area contributed by atoms with Gasteiger partial charge < -0.3 is 9.84 Å². The Labute approximate surface area is 113 Å². The van der Waals surface area contributed by atoms with Crippen LogP contribution < -0.4 is 4.74 Å². The fraction of sp³-hybridized carbons (Fsp3) is 0.294. The molecule has 19 heavy (non-hydrogen) atoms. The predicted molar refractivity (Wildman–Crippen MR) is 75.2 cm³/mol. The zero-order valence-corrected chi connectivity index (χ0v) is 10.9. The van der Waals surface area contributed by atoms with Gasteiger partial charge in [0, 0.05) is 6.42 Å². The molecule has 0 fully saturated rings. The summed E-state index contributed by atoms with van der Waals surface area (Å²) in [6.45, 7) is 0.0979. The summed E-state index contributed by atoms with van der Waals surface area (Å²) < 4.78 is 6.05. The largest absolute Gasteiger partial charge is 0.490 e. The maximum atomic E-state index is 9.15. The fourth-order valence-corrected chi connectivity index (χ4v) is 2.62. The normalized spacial score (nSPS) is 17.6. The van der Waals surface area contributed by atoms with E-state index in [0.717, 1.165) is 30.6 Å². The third-order valence-corrected chi connectivity index (χ3v) is 3.64. The number of ether oxygens (including phenoxy) is 1. The Kier molecular flexibility index (Phi) is 3.51. The molecule has 2 nitrogen and oxygen atoms in total. The van der Waals surface area contributed by atoms with Crippen LogP contribution in [0.25, 0.3) is 0 Å². The molecule has 1 aliphatic rings. The van der Waals surface area contributed by atoms with E-state index < -0.39 is 0 Å². The third-order valence-electron chi connectivity index (χ3n) is 3.64. The van der Waals surface area contributed by atoms with Crippen molar-refractivity contribution in [3.8, 4) is 5.75 Å². The summed E-state index contributed by atoms with van der Waals surface area (Å²) in [5.74, 6) is 0.976. The first kappa shape index (κ1) is 12.2. The smallest absolute Gasteiger partial charge is 0.122 e. The van der Waals surface area contributed by atoms with E-state index in [1.165, 1.54) is 11.1 Å². The maximum absolute atomic E-state index is 9.15. The summed E-state index contributed by atoms with van der Waals surface area (Å²) in [7, 11) is 0. The predicted octanol–water partition coefficient (Wildman–Crippen LogP) is 3.12. The lowest BCUT2D eigenvalue weighted by atomic mass is 9.96. The van der Waals surface area contributed by atoms with Crippen molar-refractivity contribution >= 4 is 0 Å². The zero-order chi connectivity index (χ0) is 13.1. The quantitative estimate of drug-likeness (QED) is 0.912. The van der Waals surface area contributed by atoms with Crippen LogP contribution in [0.5, 0.6) is 5.75 Å². The number of fused-ring (bicyclic) bond motifs is 1. The van der Waals surface area contributed by atoms with E-state index in [1.807, 2.05) is 24.3 Å². The minimum absolute atomic E-state index is 0.0979. The third kappa shape index (κ3) is 2.79. The molecule has 0 aromatic heterocycles. The van der Waals surface area contributed by atoms with E-state index in [0.29, 0.717) is 0 Å². The van der Waals surface area contributed by atoms with Crippen LogP contribution in [0.3, 0.4) is 0 Å². The van der Waals surface area contributed by atoms with Crippen LogP contribution in [0.1, 0.15) is 23.1 Å². The Hall–Kier alpha value is -1.80. The molecule has 0 aliphatic carbocycles. The molecule has 2 aromatic carbocycles. The van der Waals surface area contributed by atoms with E-state index >= 15 is 0 Å². The standard InChI is InChI=1S/C17H18O2/c18-12-14-6-9-17-15(10-14)7-8-16(19-17)11-13-4-2-1-3-5-13/h1-6,9-10,16,18H,7-8,11-12H2. The molecule has 2 heteroatoms. The van der Waals surface area contributed by atoms with E-state index in [-0.39, 0.29) is 12.7 Å².